The molecule has 0 radical (unpaired) electrons. The van der Waals surface area contributed by atoms with E-state index in [1.807, 2.05) is 11.0 Å². The van der Waals surface area contributed by atoms with Crippen molar-refractivity contribution in [3.05, 3.63) is 12.2 Å². The fourth-order valence-corrected chi connectivity index (χ4v) is 2.10. The summed E-state index contributed by atoms with van der Waals surface area (Å²) in [5.41, 5.74) is 0. The Hall–Kier alpha value is -0.830. The van der Waals surface area contributed by atoms with Crippen molar-refractivity contribution < 1.29 is 9.90 Å². The highest BCUT2D eigenvalue weighted by Crippen LogP contribution is 2.27. The third-order valence-corrected chi connectivity index (χ3v) is 2.71. The number of rotatable bonds is 1. The SMILES string of the molecule is O=C1C=C[C@H]2CCC[C@@H](CO)N12. The predicted octanol–water partition coefficient (Wildman–Crippen LogP) is 0.298. The molecule has 1 N–H and O–H groups in total. The van der Waals surface area contributed by atoms with Crippen molar-refractivity contribution in [2.24, 2.45) is 0 Å². The molecular formula is C9H13NO2. The summed E-state index contributed by atoms with van der Waals surface area (Å²) in [6.45, 7) is 0.101. The zero-order chi connectivity index (χ0) is 8.55. The number of nitrogens with zero attached hydrogens (tertiary/aromatic N) is 1. The molecule has 1 saturated heterocycles. The van der Waals surface area contributed by atoms with Crippen molar-refractivity contribution in [3.63, 3.8) is 0 Å². The number of piperidine rings is 1. The summed E-state index contributed by atoms with van der Waals surface area (Å²) in [5.74, 6) is 0.0683. The van der Waals surface area contributed by atoms with Crippen molar-refractivity contribution in [1.82, 2.24) is 4.90 Å². The molecule has 0 aliphatic carbocycles. The van der Waals surface area contributed by atoms with E-state index in [2.05, 4.69) is 0 Å². The Morgan fingerprint density at radius 1 is 1.58 bits per heavy atom. The van der Waals surface area contributed by atoms with Crippen LogP contribution in [-0.2, 0) is 4.79 Å². The molecule has 0 aromatic carbocycles. The number of hydrogen-bond donors (Lipinski definition) is 1. The van der Waals surface area contributed by atoms with Crippen molar-refractivity contribution in [2.75, 3.05) is 6.61 Å². The summed E-state index contributed by atoms with van der Waals surface area (Å²) in [7, 11) is 0. The van der Waals surface area contributed by atoms with Gasteiger partial charge in [-0.05, 0) is 19.3 Å². The molecule has 12 heavy (non-hydrogen) atoms. The number of aliphatic hydroxyl groups is 1. The summed E-state index contributed by atoms with van der Waals surface area (Å²) in [6.07, 6.45) is 6.69. The van der Waals surface area contributed by atoms with Crippen LogP contribution in [-0.4, -0.2) is 34.6 Å². The molecule has 1 amide bonds. The lowest BCUT2D eigenvalue weighted by atomic mass is 9.98. The number of carbonyl (C=O) groups excluding carboxylic acids is 1. The maximum Gasteiger partial charge on any atom is 0.247 e. The quantitative estimate of drug-likeness (QED) is 0.610. The van der Waals surface area contributed by atoms with E-state index in [1.165, 1.54) is 0 Å². The van der Waals surface area contributed by atoms with E-state index in [0.717, 1.165) is 19.3 Å². The van der Waals surface area contributed by atoms with E-state index in [4.69, 9.17) is 5.11 Å². The maximum atomic E-state index is 11.3. The molecule has 0 saturated carbocycles. The van der Waals surface area contributed by atoms with Gasteiger partial charge in [-0.2, -0.15) is 0 Å². The molecule has 0 spiro atoms. The van der Waals surface area contributed by atoms with Crippen LogP contribution in [0.2, 0.25) is 0 Å². The summed E-state index contributed by atoms with van der Waals surface area (Å²) < 4.78 is 0. The molecule has 0 aromatic rings. The second-order valence-electron chi connectivity index (χ2n) is 3.44. The van der Waals surface area contributed by atoms with Crippen molar-refractivity contribution >= 4 is 5.91 Å². The van der Waals surface area contributed by atoms with Crippen molar-refractivity contribution in [3.8, 4) is 0 Å². The van der Waals surface area contributed by atoms with E-state index >= 15 is 0 Å². The second-order valence-corrected chi connectivity index (χ2v) is 3.44. The Morgan fingerprint density at radius 3 is 3.17 bits per heavy atom. The van der Waals surface area contributed by atoms with Gasteiger partial charge in [0.25, 0.3) is 0 Å². The van der Waals surface area contributed by atoms with Crippen LogP contribution in [0.1, 0.15) is 19.3 Å². The van der Waals surface area contributed by atoms with Gasteiger partial charge >= 0.3 is 0 Å². The minimum atomic E-state index is 0.0613. The lowest BCUT2D eigenvalue weighted by molar-refractivity contribution is -0.130. The Labute approximate surface area is 71.7 Å². The van der Waals surface area contributed by atoms with Gasteiger partial charge in [0.1, 0.15) is 0 Å². The standard InChI is InChI=1S/C9H13NO2/c11-6-8-3-1-2-7-4-5-9(12)10(7)8/h4-5,7-8,11H,1-3,6H2/t7-,8+/m1/s1. The first-order valence-corrected chi connectivity index (χ1v) is 4.44. The van der Waals surface area contributed by atoms with Gasteiger partial charge in [0, 0.05) is 6.08 Å². The molecule has 3 nitrogen and oxygen atoms in total. The molecule has 0 aromatic heterocycles. The zero-order valence-electron chi connectivity index (χ0n) is 6.94. The Bertz CT molecular complexity index is 225. The summed E-state index contributed by atoms with van der Waals surface area (Å²) in [4.78, 5) is 13.1. The van der Waals surface area contributed by atoms with Crippen LogP contribution in [0.25, 0.3) is 0 Å². The largest absolute Gasteiger partial charge is 0.394 e. The van der Waals surface area contributed by atoms with Gasteiger partial charge in [0.05, 0.1) is 18.7 Å². The topological polar surface area (TPSA) is 40.5 Å². The Balaban J connectivity index is 2.16. The number of carbonyl (C=O) groups is 1. The van der Waals surface area contributed by atoms with Gasteiger partial charge in [0.2, 0.25) is 5.91 Å². The fraction of sp³-hybridized carbons (Fsp3) is 0.667. The predicted molar refractivity (Wildman–Crippen MR) is 44.5 cm³/mol. The van der Waals surface area contributed by atoms with Crippen LogP contribution < -0.4 is 0 Å². The van der Waals surface area contributed by atoms with Crippen LogP contribution in [0.15, 0.2) is 12.2 Å². The van der Waals surface area contributed by atoms with Gasteiger partial charge in [-0.15, -0.1) is 0 Å². The van der Waals surface area contributed by atoms with Crippen LogP contribution in [0.3, 0.4) is 0 Å². The number of amides is 1. The first-order valence-electron chi connectivity index (χ1n) is 4.44. The van der Waals surface area contributed by atoms with E-state index in [1.54, 1.807) is 6.08 Å². The average molecular weight is 167 g/mol. The molecule has 66 valence electrons. The molecule has 3 heteroatoms. The van der Waals surface area contributed by atoms with Gasteiger partial charge in [-0.3, -0.25) is 4.79 Å². The van der Waals surface area contributed by atoms with E-state index in [9.17, 15) is 4.79 Å². The minimum Gasteiger partial charge on any atom is -0.394 e. The van der Waals surface area contributed by atoms with Crippen LogP contribution in [0.5, 0.6) is 0 Å². The zero-order valence-corrected chi connectivity index (χ0v) is 6.94. The molecule has 0 bridgehead atoms. The van der Waals surface area contributed by atoms with Crippen LogP contribution in [0, 0.1) is 0 Å². The average Bonchev–Trinajstić information content (AvgIpc) is 2.48. The highest BCUT2D eigenvalue weighted by Gasteiger charge is 2.34. The Morgan fingerprint density at radius 2 is 2.42 bits per heavy atom. The molecule has 2 aliphatic rings. The highest BCUT2D eigenvalue weighted by atomic mass is 16.3. The normalized spacial score (nSPS) is 34.1. The molecule has 1 fully saturated rings. The summed E-state index contributed by atoms with van der Waals surface area (Å²) >= 11 is 0. The van der Waals surface area contributed by atoms with Crippen LogP contribution in [0.4, 0.5) is 0 Å². The van der Waals surface area contributed by atoms with Crippen molar-refractivity contribution in [2.45, 2.75) is 31.3 Å². The molecule has 2 heterocycles. The van der Waals surface area contributed by atoms with Gasteiger partial charge < -0.3 is 10.0 Å². The monoisotopic (exact) mass is 167 g/mol. The first kappa shape index (κ1) is 7.80. The molecule has 2 rings (SSSR count). The lowest BCUT2D eigenvalue weighted by Crippen LogP contribution is -2.47. The molecular weight excluding hydrogens is 154 g/mol. The van der Waals surface area contributed by atoms with Crippen molar-refractivity contribution in [1.29, 1.82) is 0 Å². The van der Waals surface area contributed by atoms with Gasteiger partial charge in [-0.1, -0.05) is 6.08 Å². The Kier molecular flexibility index (Phi) is 1.89. The molecule has 0 unspecified atom stereocenters. The number of fused-ring (bicyclic) bond motifs is 1. The van der Waals surface area contributed by atoms with E-state index < -0.39 is 0 Å². The van der Waals surface area contributed by atoms with E-state index in [-0.39, 0.29) is 24.6 Å². The third-order valence-electron chi connectivity index (χ3n) is 2.71. The summed E-state index contributed by atoms with van der Waals surface area (Å²) in [5, 5.41) is 9.03. The highest BCUT2D eigenvalue weighted by molar-refractivity contribution is 5.91. The van der Waals surface area contributed by atoms with Crippen LogP contribution >= 0.6 is 0 Å². The number of hydrogen-bond acceptors (Lipinski definition) is 2. The lowest BCUT2D eigenvalue weighted by Gasteiger charge is -2.36. The summed E-state index contributed by atoms with van der Waals surface area (Å²) in [6, 6.07) is 0.328. The smallest absolute Gasteiger partial charge is 0.247 e. The molecule has 2 atom stereocenters. The third kappa shape index (κ3) is 1.05. The fourth-order valence-electron chi connectivity index (χ4n) is 2.10. The molecule has 2 aliphatic heterocycles. The second kappa shape index (κ2) is 2.90. The minimum absolute atomic E-state index is 0.0613. The van der Waals surface area contributed by atoms with Gasteiger partial charge in [0.15, 0.2) is 0 Å². The maximum absolute atomic E-state index is 11.3. The van der Waals surface area contributed by atoms with Gasteiger partial charge in [-0.25, -0.2) is 0 Å². The number of aliphatic hydroxyl groups excluding tert-OH is 1. The first-order chi connectivity index (χ1) is 5.83. The van der Waals surface area contributed by atoms with E-state index in [0.29, 0.717) is 0 Å².